The summed E-state index contributed by atoms with van der Waals surface area (Å²) in [6, 6.07) is 23.9. The summed E-state index contributed by atoms with van der Waals surface area (Å²) in [6.45, 7) is 0.584. The molecular formula is C26H24ClN3O3. The van der Waals surface area contributed by atoms with Gasteiger partial charge in [-0.25, -0.2) is 4.79 Å². The maximum atomic E-state index is 13.2. The molecule has 4 rings (SSSR count). The van der Waals surface area contributed by atoms with Crippen molar-refractivity contribution in [2.45, 2.75) is 13.0 Å². The lowest BCUT2D eigenvalue weighted by Crippen LogP contribution is -2.37. The Labute approximate surface area is 196 Å². The molecule has 0 aliphatic carbocycles. The zero-order chi connectivity index (χ0) is 23.2. The first-order chi connectivity index (χ1) is 16.0. The molecule has 0 aliphatic rings. The highest BCUT2D eigenvalue weighted by Gasteiger charge is 2.17. The van der Waals surface area contributed by atoms with Crippen molar-refractivity contribution in [1.29, 1.82) is 0 Å². The van der Waals surface area contributed by atoms with E-state index < -0.39 is 0 Å². The number of halogens is 1. The number of para-hydroxylation sites is 1. The maximum absolute atomic E-state index is 13.2. The van der Waals surface area contributed by atoms with Crippen LogP contribution in [0.25, 0.3) is 10.9 Å². The van der Waals surface area contributed by atoms with Crippen molar-refractivity contribution < 1.29 is 9.53 Å². The number of nitrogens with one attached hydrogen (secondary N) is 2. The monoisotopic (exact) mass is 461 g/mol. The van der Waals surface area contributed by atoms with Crippen LogP contribution < -0.4 is 15.6 Å². The molecule has 7 heteroatoms. The lowest BCUT2D eigenvalue weighted by Gasteiger charge is -2.23. The van der Waals surface area contributed by atoms with Crippen LogP contribution in [0.3, 0.4) is 0 Å². The van der Waals surface area contributed by atoms with Gasteiger partial charge >= 0.3 is 6.03 Å². The molecule has 0 fully saturated rings. The molecule has 0 unspecified atom stereocenters. The minimum absolute atomic E-state index is 0.153. The number of methoxy groups -OCH3 is 1. The van der Waals surface area contributed by atoms with Gasteiger partial charge in [0.25, 0.3) is 5.56 Å². The highest BCUT2D eigenvalue weighted by atomic mass is 35.5. The number of urea groups is 1. The Kier molecular flexibility index (Phi) is 6.95. The van der Waals surface area contributed by atoms with Crippen LogP contribution in [0.4, 0.5) is 10.5 Å². The van der Waals surface area contributed by atoms with Crippen molar-refractivity contribution in [2.75, 3.05) is 19.0 Å². The molecule has 0 atom stereocenters. The normalized spacial score (nSPS) is 10.7. The number of aromatic amines is 1. The molecule has 1 heterocycles. The number of anilines is 1. The van der Waals surface area contributed by atoms with Gasteiger partial charge in [0.2, 0.25) is 0 Å². The molecule has 2 amide bonds. The predicted molar refractivity (Wildman–Crippen MR) is 132 cm³/mol. The van der Waals surface area contributed by atoms with Gasteiger partial charge in [-0.1, -0.05) is 54.1 Å². The van der Waals surface area contributed by atoms with Crippen molar-refractivity contribution >= 4 is 34.2 Å². The van der Waals surface area contributed by atoms with E-state index in [9.17, 15) is 9.59 Å². The topological polar surface area (TPSA) is 74.4 Å². The highest BCUT2D eigenvalue weighted by Crippen LogP contribution is 2.22. The first-order valence-electron chi connectivity index (χ1n) is 10.6. The van der Waals surface area contributed by atoms with Gasteiger partial charge in [0.05, 0.1) is 29.9 Å². The molecule has 6 nitrogen and oxygen atoms in total. The van der Waals surface area contributed by atoms with Gasteiger partial charge in [0.15, 0.2) is 0 Å². The minimum atomic E-state index is -0.326. The number of amides is 2. The van der Waals surface area contributed by atoms with Crippen LogP contribution in [0.2, 0.25) is 5.02 Å². The lowest BCUT2D eigenvalue weighted by atomic mass is 10.1. The number of fused-ring (bicyclic) bond motifs is 1. The number of carbonyl (C=O) groups excluding carboxylic acids is 1. The van der Waals surface area contributed by atoms with E-state index in [-0.39, 0.29) is 18.1 Å². The predicted octanol–water partition coefficient (Wildman–Crippen LogP) is 5.47. The number of aromatic nitrogens is 1. The fourth-order valence-electron chi connectivity index (χ4n) is 3.59. The van der Waals surface area contributed by atoms with E-state index in [2.05, 4.69) is 10.3 Å². The summed E-state index contributed by atoms with van der Waals surface area (Å²) in [5.74, 6) is 0.662. The standard InChI is InChI=1S/C26H24ClN3O3/c1-33-21-12-11-19-15-20(25(31)28-24(19)16-21)17-30(14-13-18-7-3-2-4-8-18)26(32)29-23-10-6-5-9-22(23)27/h2-12,15-16H,13-14,17H2,1H3,(H,28,31)(H,29,32). The van der Waals surface area contributed by atoms with E-state index in [0.717, 1.165) is 10.9 Å². The molecule has 33 heavy (non-hydrogen) atoms. The first kappa shape index (κ1) is 22.4. The average molecular weight is 462 g/mol. The number of hydrogen-bond donors (Lipinski definition) is 2. The van der Waals surface area contributed by atoms with Crippen LogP contribution in [0.1, 0.15) is 11.1 Å². The van der Waals surface area contributed by atoms with Crippen molar-refractivity contribution in [3.8, 4) is 5.75 Å². The SMILES string of the molecule is COc1ccc2cc(CN(CCc3ccccc3)C(=O)Nc3ccccc3Cl)c(=O)[nH]c2c1. The summed E-state index contributed by atoms with van der Waals surface area (Å²) < 4.78 is 5.23. The number of H-pyrrole nitrogens is 1. The lowest BCUT2D eigenvalue weighted by molar-refractivity contribution is 0.209. The third-order valence-corrected chi connectivity index (χ3v) is 5.74. The summed E-state index contributed by atoms with van der Waals surface area (Å²) in [5.41, 5.74) is 2.56. The van der Waals surface area contributed by atoms with E-state index in [1.54, 1.807) is 42.3 Å². The fraction of sp³-hybridized carbons (Fsp3) is 0.154. The Hall–Kier alpha value is -3.77. The van der Waals surface area contributed by atoms with Gasteiger partial charge in [-0.15, -0.1) is 0 Å². The van der Waals surface area contributed by atoms with Crippen molar-refractivity contribution in [1.82, 2.24) is 9.88 Å². The van der Waals surface area contributed by atoms with Crippen LogP contribution in [0.15, 0.2) is 83.7 Å². The molecule has 0 bridgehead atoms. The molecule has 2 N–H and O–H groups in total. The van der Waals surface area contributed by atoms with Gasteiger partial charge in [0.1, 0.15) is 5.75 Å². The number of benzene rings is 3. The summed E-state index contributed by atoms with van der Waals surface area (Å²) in [5, 5.41) is 4.18. The second kappa shape index (κ2) is 10.2. The van der Waals surface area contributed by atoms with Crippen LogP contribution in [-0.2, 0) is 13.0 Å². The van der Waals surface area contributed by atoms with E-state index in [1.165, 1.54) is 0 Å². The number of nitrogens with zero attached hydrogens (tertiary/aromatic N) is 1. The molecule has 0 saturated heterocycles. The molecule has 0 radical (unpaired) electrons. The largest absolute Gasteiger partial charge is 0.497 e. The third kappa shape index (κ3) is 5.54. The van der Waals surface area contributed by atoms with E-state index in [4.69, 9.17) is 16.3 Å². The Morgan fingerprint density at radius 1 is 1.03 bits per heavy atom. The van der Waals surface area contributed by atoms with E-state index >= 15 is 0 Å². The van der Waals surface area contributed by atoms with Crippen LogP contribution >= 0.6 is 11.6 Å². The molecule has 4 aromatic rings. The maximum Gasteiger partial charge on any atom is 0.322 e. The summed E-state index contributed by atoms with van der Waals surface area (Å²) in [4.78, 5) is 30.5. The summed E-state index contributed by atoms with van der Waals surface area (Å²) >= 11 is 6.22. The number of ether oxygens (including phenoxy) is 1. The van der Waals surface area contributed by atoms with Gasteiger partial charge in [-0.05, 0) is 47.7 Å². The van der Waals surface area contributed by atoms with Crippen LogP contribution in [0, 0.1) is 0 Å². The summed E-state index contributed by atoms with van der Waals surface area (Å²) in [6.07, 6.45) is 0.652. The molecule has 0 spiro atoms. The number of hydrogen-bond acceptors (Lipinski definition) is 3. The Morgan fingerprint density at radius 2 is 1.79 bits per heavy atom. The quantitative estimate of drug-likeness (QED) is 0.383. The van der Waals surface area contributed by atoms with Gasteiger partial charge in [-0.2, -0.15) is 0 Å². The van der Waals surface area contributed by atoms with Gasteiger partial charge in [-0.3, -0.25) is 4.79 Å². The number of pyridine rings is 1. The minimum Gasteiger partial charge on any atom is -0.497 e. The van der Waals surface area contributed by atoms with Crippen LogP contribution in [-0.4, -0.2) is 29.6 Å². The highest BCUT2D eigenvalue weighted by molar-refractivity contribution is 6.33. The number of rotatable bonds is 7. The smallest absolute Gasteiger partial charge is 0.322 e. The van der Waals surface area contributed by atoms with Gasteiger partial charge < -0.3 is 19.9 Å². The molecule has 168 valence electrons. The zero-order valence-corrected chi connectivity index (χ0v) is 18.9. The Balaban J connectivity index is 1.60. The fourth-order valence-corrected chi connectivity index (χ4v) is 3.78. The number of carbonyl (C=O) groups is 1. The van der Waals surface area contributed by atoms with Crippen molar-refractivity contribution in [3.63, 3.8) is 0 Å². The Bertz CT molecular complexity index is 1320. The molecule has 3 aromatic carbocycles. The van der Waals surface area contributed by atoms with E-state index in [0.29, 0.717) is 40.5 Å². The van der Waals surface area contributed by atoms with Crippen molar-refractivity contribution in [3.05, 3.63) is 105 Å². The Morgan fingerprint density at radius 3 is 2.55 bits per heavy atom. The van der Waals surface area contributed by atoms with Crippen LogP contribution in [0.5, 0.6) is 5.75 Å². The first-order valence-corrected chi connectivity index (χ1v) is 11.0. The summed E-state index contributed by atoms with van der Waals surface area (Å²) in [7, 11) is 1.58. The van der Waals surface area contributed by atoms with E-state index in [1.807, 2.05) is 48.5 Å². The van der Waals surface area contributed by atoms with Gasteiger partial charge in [0, 0.05) is 18.2 Å². The average Bonchev–Trinajstić information content (AvgIpc) is 2.83. The molecule has 0 aliphatic heterocycles. The second-order valence-corrected chi connectivity index (χ2v) is 8.05. The molecule has 1 aromatic heterocycles. The van der Waals surface area contributed by atoms with Crippen molar-refractivity contribution in [2.24, 2.45) is 0 Å². The second-order valence-electron chi connectivity index (χ2n) is 7.64. The molecular weight excluding hydrogens is 438 g/mol. The molecule has 0 saturated carbocycles. The zero-order valence-electron chi connectivity index (χ0n) is 18.2. The third-order valence-electron chi connectivity index (χ3n) is 5.41.